The smallest absolute Gasteiger partial charge is 0.243 e. The predicted molar refractivity (Wildman–Crippen MR) is 80.1 cm³/mol. The lowest BCUT2D eigenvalue weighted by atomic mass is 10.1. The second-order valence-corrected chi connectivity index (χ2v) is 7.32. The van der Waals surface area contributed by atoms with Crippen LogP contribution in [0.1, 0.15) is 6.92 Å². The number of nitrogens with two attached hydrogens (primary N) is 1. The van der Waals surface area contributed by atoms with E-state index in [1.165, 1.54) is 11.8 Å². The van der Waals surface area contributed by atoms with Crippen molar-refractivity contribution in [3.63, 3.8) is 0 Å². The molecule has 9 heteroatoms. The van der Waals surface area contributed by atoms with Crippen LogP contribution in [0.25, 0.3) is 0 Å². The molecule has 1 fully saturated rings. The molecule has 1 unspecified atom stereocenters. The topological polar surface area (TPSA) is 101 Å². The second-order valence-electron chi connectivity index (χ2n) is 5.38. The molecule has 0 saturated carbocycles. The summed E-state index contributed by atoms with van der Waals surface area (Å²) in [6, 6.07) is 4.44. The van der Waals surface area contributed by atoms with Crippen molar-refractivity contribution in [2.75, 3.05) is 26.2 Å². The summed E-state index contributed by atoms with van der Waals surface area (Å²) >= 11 is 0. The molecular weight excluding hydrogens is 325 g/mol. The lowest BCUT2D eigenvalue weighted by molar-refractivity contribution is -0.130. The Bertz CT molecular complexity index is 705. The Kier molecular flexibility index (Phi) is 5.00. The third-order valence-corrected chi connectivity index (χ3v) is 5.66. The van der Waals surface area contributed by atoms with Crippen molar-refractivity contribution in [2.24, 2.45) is 11.7 Å². The van der Waals surface area contributed by atoms with Crippen molar-refractivity contribution >= 4 is 21.8 Å². The summed E-state index contributed by atoms with van der Waals surface area (Å²) in [5.74, 6) is -2.26. The predicted octanol–water partition coefficient (Wildman–Crippen LogP) is -0.220. The van der Waals surface area contributed by atoms with Crippen LogP contribution in [0.15, 0.2) is 29.2 Å². The van der Waals surface area contributed by atoms with Crippen LogP contribution in [0.4, 0.5) is 4.39 Å². The van der Waals surface area contributed by atoms with Crippen molar-refractivity contribution in [1.82, 2.24) is 9.21 Å². The van der Waals surface area contributed by atoms with Gasteiger partial charge in [-0.15, -0.1) is 0 Å². The summed E-state index contributed by atoms with van der Waals surface area (Å²) in [5, 5.41) is 0. The highest BCUT2D eigenvalue weighted by Crippen LogP contribution is 2.20. The highest BCUT2D eigenvalue weighted by atomic mass is 32.2. The summed E-state index contributed by atoms with van der Waals surface area (Å²) in [4.78, 5) is 24.4. The van der Waals surface area contributed by atoms with Gasteiger partial charge < -0.3 is 10.6 Å². The van der Waals surface area contributed by atoms with E-state index in [0.717, 1.165) is 28.6 Å². The van der Waals surface area contributed by atoms with Gasteiger partial charge in [0.25, 0.3) is 0 Å². The quantitative estimate of drug-likeness (QED) is 0.820. The van der Waals surface area contributed by atoms with Gasteiger partial charge in [-0.2, -0.15) is 4.31 Å². The van der Waals surface area contributed by atoms with E-state index in [0.29, 0.717) is 0 Å². The summed E-state index contributed by atoms with van der Waals surface area (Å²) < 4.78 is 39.4. The first-order valence-electron chi connectivity index (χ1n) is 7.02. The maximum atomic E-state index is 13.0. The third-order valence-electron chi connectivity index (χ3n) is 3.78. The number of hydrogen-bond acceptors (Lipinski definition) is 4. The number of benzene rings is 1. The zero-order valence-electron chi connectivity index (χ0n) is 12.6. The van der Waals surface area contributed by atoms with Gasteiger partial charge in [0, 0.05) is 33.1 Å². The number of amides is 2. The molecule has 7 nitrogen and oxygen atoms in total. The number of nitrogens with zero attached hydrogens (tertiary/aromatic N) is 2. The van der Waals surface area contributed by atoms with E-state index in [9.17, 15) is 22.4 Å². The Morgan fingerprint density at radius 3 is 2.30 bits per heavy atom. The van der Waals surface area contributed by atoms with Gasteiger partial charge in [-0.1, -0.05) is 0 Å². The molecule has 1 heterocycles. The maximum Gasteiger partial charge on any atom is 0.243 e. The van der Waals surface area contributed by atoms with Crippen LogP contribution in [0, 0.1) is 11.7 Å². The fourth-order valence-corrected chi connectivity index (χ4v) is 3.90. The van der Waals surface area contributed by atoms with Crippen molar-refractivity contribution in [1.29, 1.82) is 0 Å². The summed E-state index contributed by atoms with van der Waals surface area (Å²) in [6.07, 6.45) is 0. The van der Waals surface area contributed by atoms with Gasteiger partial charge in [0.2, 0.25) is 21.8 Å². The number of hydrogen-bond donors (Lipinski definition) is 1. The highest BCUT2D eigenvalue weighted by Gasteiger charge is 2.34. The zero-order valence-corrected chi connectivity index (χ0v) is 13.4. The standard InChI is InChI=1S/C14H18FN3O4S/c1-10(19)17-6-7-18(9-11(8-17)14(16)20)23(21,22)13-4-2-12(15)3-5-13/h2-5,11H,6-9H2,1H3,(H2,16,20). The normalized spacial score (nSPS) is 20.1. The Labute approximate surface area is 133 Å². The minimum absolute atomic E-state index is 0.0447. The molecule has 0 spiro atoms. The van der Waals surface area contributed by atoms with Crippen LogP contribution < -0.4 is 5.73 Å². The number of carbonyl (C=O) groups is 2. The number of sulfonamides is 1. The Morgan fingerprint density at radius 2 is 1.78 bits per heavy atom. The zero-order chi connectivity index (χ0) is 17.2. The molecular formula is C14H18FN3O4S. The molecule has 23 heavy (non-hydrogen) atoms. The molecule has 1 aromatic rings. The van der Waals surface area contributed by atoms with Crippen LogP contribution in [0.3, 0.4) is 0 Å². The van der Waals surface area contributed by atoms with Crippen molar-refractivity contribution in [2.45, 2.75) is 11.8 Å². The number of halogens is 1. The molecule has 1 aromatic carbocycles. The molecule has 2 N–H and O–H groups in total. The molecule has 1 atom stereocenters. The largest absolute Gasteiger partial charge is 0.369 e. The van der Waals surface area contributed by atoms with Gasteiger partial charge in [0.15, 0.2) is 0 Å². The third kappa shape index (κ3) is 3.85. The Hall–Kier alpha value is -2.00. The molecule has 1 aliphatic heterocycles. The number of primary amides is 1. The van der Waals surface area contributed by atoms with Crippen LogP contribution in [-0.4, -0.2) is 55.6 Å². The van der Waals surface area contributed by atoms with Gasteiger partial charge in [-0.3, -0.25) is 9.59 Å². The van der Waals surface area contributed by atoms with E-state index < -0.39 is 27.7 Å². The van der Waals surface area contributed by atoms with Crippen LogP contribution in [-0.2, 0) is 19.6 Å². The molecule has 0 bridgehead atoms. The van der Waals surface area contributed by atoms with E-state index in [1.807, 2.05) is 0 Å². The average Bonchev–Trinajstić information content (AvgIpc) is 2.71. The molecule has 126 valence electrons. The van der Waals surface area contributed by atoms with Crippen LogP contribution >= 0.6 is 0 Å². The van der Waals surface area contributed by atoms with Crippen LogP contribution in [0.5, 0.6) is 0 Å². The van der Waals surface area contributed by atoms with Gasteiger partial charge in [0.1, 0.15) is 5.82 Å². The minimum atomic E-state index is -3.90. The first-order valence-corrected chi connectivity index (χ1v) is 8.46. The minimum Gasteiger partial charge on any atom is -0.369 e. The van der Waals surface area contributed by atoms with E-state index in [4.69, 9.17) is 5.73 Å². The lowest BCUT2D eigenvalue weighted by Gasteiger charge is -2.21. The number of carbonyl (C=O) groups excluding carboxylic acids is 2. The summed E-state index contributed by atoms with van der Waals surface area (Å²) in [7, 11) is -3.90. The fraction of sp³-hybridized carbons (Fsp3) is 0.429. The van der Waals surface area contributed by atoms with E-state index in [2.05, 4.69) is 0 Å². The maximum absolute atomic E-state index is 13.0. The molecule has 2 amide bonds. The van der Waals surface area contributed by atoms with Crippen molar-refractivity contribution < 1.29 is 22.4 Å². The lowest BCUT2D eigenvalue weighted by Crippen LogP contribution is -2.40. The SMILES string of the molecule is CC(=O)N1CCN(S(=O)(=O)c2ccc(F)cc2)CC(C(N)=O)C1. The molecule has 1 aliphatic rings. The van der Waals surface area contributed by atoms with E-state index in [1.54, 1.807) is 0 Å². The van der Waals surface area contributed by atoms with E-state index in [-0.39, 0.29) is 37.0 Å². The van der Waals surface area contributed by atoms with Crippen molar-refractivity contribution in [3.8, 4) is 0 Å². The van der Waals surface area contributed by atoms with Gasteiger partial charge >= 0.3 is 0 Å². The average molecular weight is 343 g/mol. The van der Waals surface area contributed by atoms with Gasteiger partial charge in [-0.25, -0.2) is 12.8 Å². The molecule has 0 radical (unpaired) electrons. The first kappa shape index (κ1) is 17.4. The summed E-state index contributed by atoms with van der Waals surface area (Å²) in [5.41, 5.74) is 5.32. The van der Waals surface area contributed by atoms with Crippen molar-refractivity contribution in [3.05, 3.63) is 30.1 Å². The molecule has 2 rings (SSSR count). The molecule has 1 saturated heterocycles. The van der Waals surface area contributed by atoms with Gasteiger partial charge in [-0.05, 0) is 24.3 Å². The fourth-order valence-electron chi connectivity index (χ4n) is 2.42. The van der Waals surface area contributed by atoms with E-state index >= 15 is 0 Å². The Balaban J connectivity index is 2.31. The molecule has 0 aromatic heterocycles. The monoisotopic (exact) mass is 343 g/mol. The Morgan fingerprint density at radius 1 is 1.17 bits per heavy atom. The highest BCUT2D eigenvalue weighted by molar-refractivity contribution is 7.89. The second kappa shape index (κ2) is 6.63. The number of rotatable bonds is 3. The molecule has 0 aliphatic carbocycles. The van der Waals surface area contributed by atoms with Crippen LogP contribution in [0.2, 0.25) is 0 Å². The first-order chi connectivity index (χ1) is 10.7. The summed E-state index contributed by atoms with van der Waals surface area (Å²) in [6.45, 7) is 1.53. The van der Waals surface area contributed by atoms with Gasteiger partial charge in [0.05, 0.1) is 10.8 Å².